The summed E-state index contributed by atoms with van der Waals surface area (Å²) in [6.07, 6.45) is 0. The highest BCUT2D eigenvalue weighted by molar-refractivity contribution is 7.89. The third-order valence-electron chi connectivity index (χ3n) is 4.00. The highest BCUT2D eigenvalue weighted by atomic mass is 35.5. The average Bonchev–Trinajstić information content (AvgIpc) is 2.62. The van der Waals surface area contributed by atoms with Crippen molar-refractivity contribution in [3.8, 4) is 5.75 Å². The van der Waals surface area contributed by atoms with Crippen molar-refractivity contribution in [2.45, 2.75) is 10.9 Å². The van der Waals surface area contributed by atoms with Crippen molar-refractivity contribution >= 4 is 27.5 Å². The predicted molar refractivity (Wildman–Crippen MR) is 94.1 cm³/mol. The molecule has 1 amide bonds. The molecule has 1 N–H and O–H groups in total. The van der Waals surface area contributed by atoms with Gasteiger partial charge in [-0.15, -0.1) is 0 Å². The molecule has 25 heavy (non-hydrogen) atoms. The van der Waals surface area contributed by atoms with Crippen molar-refractivity contribution in [1.29, 1.82) is 0 Å². The number of sulfonamides is 1. The Labute approximate surface area is 151 Å². The summed E-state index contributed by atoms with van der Waals surface area (Å²) < 4.78 is 32.9. The van der Waals surface area contributed by atoms with Crippen LogP contribution in [-0.2, 0) is 14.8 Å². The summed E-state index contributed by atoms with van der Waals surface area (Å²) in [5.74, 6) is -0.177. The van der Waals surface area contributed by atoms with Crippen LogP contribution in [0.3, 0.4) is 0 Å². The minimum atomic E-state index is -3.99. The van der Waals surface area contributed by atoms with Gasteiger partial charge in [-0.2, -0.15) is 4.31 Å². The number of halogens is 1. The van der Waals surface area contributed by atoms with E-state index in [1.165, 1.54) is 23.5 Å². The topological polar surface area (TPSA) is 75.7 Å². The van der Waals surface area contributed by atoms with Gasteiger partial charge in [-0.05, 0) is 23.8 Å². The highest BCUT2D eigenvalue weighted by Crippen LogP contribution is 2.34. The number of methoxy groups -OCH3 is 1. The molecule has 1 fully saturated rings. The lowest BCUT2D eigenvalue weighted by Crippen LogP contribution is -2.52. The summed E-state index contributed by atoms with van der Waals surface area (Å²) in [6.45, 7) is 0.396. The fourth-order valence-electron chi connectivity index (χ4n) is 2.84. The van der Waals surface area contributed by atoms with E-state index in [1.807, 2.05) is 6.07 Å². The molecule has 1 aliphatic rings. The van der Waals surface area contributed by atoms with Gasteiger partial charge in [0, 0.05) is 18.1 Å². The van der Waals surface area contributed by atoms with Crippen LogP contribution in [0.1, 0.15) is 11.6 Å². The molecule has 2 aromatic carbocycles. The molecule has 1 aliphatic heterocycles. The third-order valence-corrected chi connectivity index (χ3v) is 6.12. The molecule has 132 valence electrons. The standard InChI is InChI=1S/C17H17ClN2O4S/c1-24-14-8-7-13(18)11-15(14)25(22,23)20-10-9-19-17(21)16(20)12-5-3-2-4-6-12/h2-8,11,16H,9-10H2,1H3,(H,19,21). The molecule has 1 saturated heterocycles. The molecule has 0 saturated carbocycles. The zero-order valence-corrected chi connectivity index (χ0v) is 15.0. The first-order valence-electron chi connectivity index (χ1n) is 7.63. The Kier molecular flexibility index (Phi) is 4.99. The number of piperazine rings is 1. The first-order valence-corrected chi connectivity index (χ1v) is 9.45. The first kappa shape index (κ1) is 17.7. The van der Waals surface area contributed by atoms with Crippen LogP contribution >= 0.6 is 11.6 Å². The summed E-state index contributed by atoms with van der Waals surface area (Å²) in [7, 11) is -2.61. The normalized spacial score (nSPS) is 18.6. The fraction of sp³-hybridized carbons (Fsp3) is 0.235. The van der Waals surface area contributed by atoms with Crippen molar-refractivity contribution in [3.05, 3.63) is 59.1 Å². The van der Waals surface area contributed by atoms with E-state index in [1.54, 1.807) is 30.3 Å². The van der Waals surface area contributed by atoms with Crippen LogP contribution in [0.25, 0.3) is 0 Å². The SMILES string of the molecule is COc1ccc(Cl)cc1S(=O)(=O)N1CCNC(=O)C1c1ccccc1. The van der Waals surface area contributed by atoms with E-state index in [-0.39, 0.29) is 34.7 Å². The predicted octanol–water partition coefficient (Wildman–Crippen LogP) is 2.21. The molecule has 8 heteroatoms. The van der Waals surface area contributed by atoms with Gasteiger partial charge >= 0.3 is 0 Å². The molecule has 0 bridgehead atoms. The van der Waals surface area contributed by atoms with Gasteiger partial charge in [0.1, 0.15) is 16.7 Å². The number of ether oxygens (including phenoxy) is 1. The van der Waals surface area contributed by atoms with Gasteiger partial charge in [0.2, 0.25) is 15.9 Å². The van der Waals surface area contributed by atoms with E-state index in [0.29, 0.717) is 5.56 Å². The molecule has 0 aliphatic carbocycles. The van der Waals surface area contributed by atoms with E-state index in [2.05, 4.69) is 5.32 Å². The minimum Gasteiger partial charge on any atom is -0.495 e. The van der Waals surface area contributed by atoms with Crippen LogP contribution < -0.4 is 10.1 Å². The van der Waals surface area contributed by atoms with E-state index in [0.717, 1.165) is 0 Å². The average molecular weight is 381 g/mol. The van der Waals surface area contributed by atoms with E-state index < -0.39 is 16.1 Å². The van der Waals surface area contributed by atoms with Gasteiger partial charge in [-0.1, -0.05) is 41.9 Å². The summed E-state index contributed by atoms with van der Waals surface area (Å²) >= 11 is 5.98. The van der Waals surface area contributed by atoms with Gasteiger partial charge in [0.15, 0.2) is 0 Å². The van der Waals surface area contributed by atoms with Crippen LogP contribution in [-0.4, -0.2) is 38.8 Å². The quantitative estimate of drug-likeness (QED) is 0.882. The Bertz CT molecular complexity index is 887. The molecule has 0 radical (unpaired) electrons. The summed E-state index contributed by atoms with van der Waals surface area (Å²) in [5, 5.41) is 3.00. The van der Waals surface area contributed by atoms with Gasteiger partial charge in [-0.25, -0.2) is 8.42 Å². The van der Waals surface area contributed by atoms with Crippen molar-refractivity contribution < 1.29 is 17.9 Å². The van der Waals surface area contributed by atoms with Crippen molar-refractivity contribution in [2.24, 2.45) is 0 Å². The summed E-state index contributed by atoms with van der Waals surface area (Å²) in [4.78, 5) is 12.4. The zero-order valence-electron chi connectivity index (χ0n) is 13.5. The van der Waals surface area contributed by atoms with E-state index in [9.17, 15) is 13.2 Å². The van der Waals surface area contributed by atoms with Crippen LogP contribution in [0.2, 0.25) is 5.02 Å². The molecule has 0 spiro atoms. The molecule has 1 atom stereocenters. The van der Waals surface area contributed by atoms with Gasteiger partial charge < -0.3 is 10.1 Å². The number of carbonyl (C=O) groups excluding carboxylic acids is 1. The van der Waals surface area contributed by atoms with Gasteiger partial charge in [-0.3, -0.25) is 4.79 Å². The molecular weight excluding hydrogens is 364 g/mol. The lowest BCUT2D eigenvalue weighted by atomic mass is 10.1. The second kappa shape index (κ2) is 7.03. The second-order valence-corrected chi connectivity index (χ2v) is 7.81. The molecule has 2 aromatic rings. The van der Waals surface area contributed by atoms with Crippen molar-refractivity contribution in [2.75, 3.05) is 20.2 Å². The first-order chi connectivity index (χ1) is 11.9. The number of benzene rings is 2. The smallest absolute Gasteiger partial charge is 0.247 e. The van der Waals surface area contributed by atoms with Crippen molar-refractivity contribution in [1.82, 2.24) is 9.62 Å². The Hall–Kier alpha value is -2.09. The molecule has 3 rings (SSSR count). The monoisotopic (exact) mass is 380 g/mol. The lowest BCUT2D eigenvalue weighted by Gasteiger charge is -2.34. The maximum Gasteiger partial charge on any atom is 0.247 e. The molecule has 1 unspecified atom stereocenters. The maximum atomic E-state index is 13.3. The number of nitrogens with zero attached hydrogens (tertiary/aromatic N) is 1. The zero-order chi connectivity index (χ0) is 18.0. The Morgan fingerprint density at radius 3 is 2.60 bits per heavy atom. The Morgan fingerprint density at radius 2 is 1.92 bits per heavy atom. The number of carbonyl (C=O) groups is 1. The Balaban J connectivity index is 2.11. The van der Waals surface area contributed by atoms with Gasteiger partial charge in [0.25, 0.3) is 0 Å². The number of amides is 1. The lowest BCUT2D eigenvalue weighted by molar-refractivity contribution is -0.126. The number of rotatable bonds is 4. The fourth-order valence-corrected chi connectivity index (χ4v) is 4.83. The third kappa shape index (κ3) is 3.35. The van der Waals surface area contributed by atoms with E-state index in [4.69, 9.17) is 16.3 Å². The molecule has 6 nitrogen and oxygen atoms in total. The number of nitrogens with one attached hydrogen (secondary N) is 1. The maximum absolute atomic E-state index is 13.3. The number of hydrogen-bond acceptors (Lipinski definition) is 4. The van der Waals surface area contributed by atoms with E-state index >= 15 is 0 Å². The largest absolute Gasteiger partial charge is 0.495 e. The number of hydrogen-bond donors (Lipinski definition) is 1. The molecular formula is C17H17ClN2O4S. The minimum absolute atomic E-state index is 0.0573. The van der Waals surface area contributed by atoms with Crippen LogP contribution in [0.4, 0.5) is 0 Å². The molecule has 0 aromatic heterocycles. The molecule has 1 heterocycles. The summed E-state index contributed by atoms with van der Waals surface area (Å²) in [5.41, 5.74) is 0.601. The van der Waals surface area contributed by atoms with Crippen LogP contribution in [0.15, 0.2) is 53.4 Å². The van der Waals surface area contributed by atoms with Crippen molar-refractivity contribution in [3.63, 3.8) is 0 Å². The highest BCUT2D eigenvalue weighted by Gasteiger charge is 2.40. The summed E-state index contributed by atoms with van der Waals surface area (Å²) in [6, 6.07) is 12.2. The van der Waals surface area contributed by atoms with Gasteiger partial charge in [0.05, 0.1) is 7.11 Å². The van der Waals surface area contributed by atoms with Crippen LogP contribution in [0.5, 0.6) is 5.75 Å². The Morgan fingerprint density at radius 1 is 1.20 bits per heavy atom. The second-order valence-electron chi connectivity index (χ2n) is 5.52. The van der Waals surface area contributed by atoms with Crippen LogP contribution in [0, 0.1) is 0 Å².